The van der Waals surface area contributed by atoms with Crippen molar-refractivity contribution in [1.82, 2.24) is 9.80 Å². The average molecular weight is 481 g/mol. The van der Waals surface area contributed by atoms with Crippen LogP contribution in [0.25, 0.3) is 5.76 Å². The lowest BCUT2D eigenvalue weighted by Crippen LogP contribution is -2.32. The standard InChI is InChI=1S/C27H32N2O6/c1-16-13-18-14-17(7-10-21(18)35-16)25(30)23-24(20-9-8-19(33-4)15-22(20)34-5)29(27(32)26(23)31)12-6-11-28(2)3/h7-10,14-16,24,30H,6,11-13H2,1-5H3. The van der Waals surface area contributed by atoms with E-state index < -0.39 is 17.7 Å². The number of fused-ring (bicyclic) bond motifs is 1. The Labute approximate surface area is 205 Å². The summed E-state index contributed by atoms with van der Waals surface area (Å²) in [6.45, 7) is 3.09. The molecule has 186 valence electrons. The number of Topliss-reactive ketones (excluding diaryl/α,β-unsaturated/α-hetero) is 1. The number of ketones is 1. The van der Waals surface area contributed by atoms with Gasteiger partial charge in [0.2, 0.25) is 0 Å². The molecule has 1 N–H and O–H groups in total. The first-order valence-electron chi connectivity index (χ1n) is 11.7. The van der Waals surface area contributed by atoms with Crippen LogP contribution in [-0.2, 0) is 16.0 Å². The Morgan fingerprint density at radius 2 is 1.91 bits per heavy atom. The number of rotatable bonds is 8. The molecule has 8 nitrogen and oxygen atoms in total. The fourth-order valence-electron chi connectivity index (χ4n) is 4.76. The Balaban J connectivity index is 1.83. The summed E-state index contributed by atoms with van der Waals surface area (Å²) < 4.78 is 16.7. The van der Waals surface area contributed by atoms with Gasteiger partial charge in [0.1, 0.15) is 29.1 Å². The first-order chi connectivity index (χ1) is 16.7. The molecule has 8 heteroatoms. The van der Waals surface area contributed by atoms with Crippen LogP contribution in [0, 0.1) is 0 Å². The monoisotopic (exact) mass is 480 g/mol. The van der Waals surface area contributed by atoms with E-state index in [1.54, 1.807) is 37.4 Å². The van der Waals surface area contributed by atoms with Gasteiger partial charge in [0.05, 0.1) is 25.8 Å². The molecular formula is C27H32N2O6. The van der Waals surface area contributed by atoms with E-state index >= 15 is 0 Å². The maximum atomic E-state index is 13.3. The first kappa shape index (κ1) is 24.6. The maximum Gasteiger partial charge on any atom is 0.295 e. The lowest BCUT2D eigenvalue weighted by molar-refractivity contribution is -0.140. The Hall–Kier alpha value is -3.52. The first-order valence-corrected chi connectivity index (χ1v) is 11.7. The fraction of sp³-hybridized carbons (Fsp3) is 0.407. The molecule has 2 aliphatic rings. The SMILES string of the molecule is COc1ccc(C2C(=C(O)c3ccc4c(c3)CC(C)O4)C(=O)C(=O)N2CCCN(C)C)c(OC)c1. The van der Waals surface area contributed by atoms with Gasteiger partial charge in [-0.2, -0.15) is 0 Å². The molecule has 0 spiro atoms. The van der Waals surface area contributed by atoms with Crippen LogP contribution >= 0.6 is 0 Å². The predicted molar refractivity (Wildman–Crippen MR) is 132 cm³/mol. The number of benzene rings is 2. The van der Waals surface area contributed by atoms with Gasteiger partial charge in [0.15, 0.2) is 0 Å². The van der Waals surface area contributed by atoms with Crippen molar-refractivity contribution in [3.8, 4) is 17.2 Å². The van der Waals surface area contributed by atoms with E-state index in [2.05, 4.69) is 0 Å². The van der Waals surface area contributed by atoms with E-state index in [1.807, 2.05) is 32.0 Å². The van der Waals surface area contributed by atoms with E-state index in [-0.39, 0.29) is 17.4 Å². The van der Waals surface area contributed by atoms with E-state index in [4.69, 9.17) is 14.2 Å². The van der Waals surface area contributed by atoms with Crippen molar-refractivity contribution in [2.75, 3.05) is 41.4 Å². The minimum absolute atomic E-state index is 0.0493. The second-order valence-corrected chi connectivity index (χ2v) is 9.21. The van der Waals surface area contributed by atoms with Crippen LogP contribution in [0.3, 0.4) is 0 Å². The molecule has 4 rings (SSSR count). The van der Waals surface area contributed by atoms with Crippen LogP contribution in [-0.4, -0.2) is 74.1 Å². The number of aliphatic hydroxyl groups excluding tert-OH is 1. The molecule has 1 saturated heterocycles. The summed E-state index contributed by atoms with van der Waals surface area (Å²) in [5.74, 6) is 0.278. The number of carbonyl (C=O) groups excluding carboxylic acids is 2. The Kier molecular flexibility index (Phi) is 7.03. The molecule has 0 saturated carbocycles. The quantitative estimate of drug-likeness (QED) is 0.352. The zero-order valence-electron chi connectivity index (χ0n) is 20.8. The number of ether oxygens (including phenoxy) is 3. The Bertz CT molecular complexity index is 1170. The topological polar surface area (TPSA) is 88.5 Å². The minimum Gasteiger partial charge on any atom is -0.507 e. The number of amides is 1. The third kappa shape index (κ3) is 4.71. The number of methoxy groups -OCH3 is 2. The molecule has 2 unspecified atom stereocenters. The fourth-order valence-corrected chi connectivity index (χ4v) is 4.76. The van der Waals surface area contributed by atoms with Gasteiger partial charge in [-0.05, 0) is 69.9 Å². The van der Waals surface area contributed by atoms with Crippen LogP contribution in [0.5, 0.6) is 17.2 Å². The summed E-state index contributed by atoms with van der Waals surface area (Å²) in [7, 11) is 6.99. The predicted octanol–water partition coefficient (Wildman–Crippen LogP) is 3.40. The molecule has 0 aromatic heterocycles. The second-order valence-electron chi connectivity index (χ2n) is 9.21. The minimum atomic E-state index is -0.790. The van der Waals surface area contributed by atoms with Gasteiger partial charge >= 0.3 is 0 Å². The number of hydrogen-bond donors (Lipinski definition) is 1. The van der Waals surface area contributed by atoms with Crippen LogP contribution in [0.4, 0.5) is 0 Å². The summed E-state index contributed by atoms with van der Waals surface area (Å²) in [4.78, 5) is 30.1. The van der Waals surface area contributed by atoms with Crippen molar-refractivity contribution in [2.45, 2.75) is 31.9 Å². The van der Waals surface area contributed by atoms with Crippen molar-refractivity contribution >= 4 is 17.4 Å². The van der Waals surface area contributed by atoms with E-state index in [9.17, 15) is 14.7 Å². The molecule has 0 aliphatic carbocycles. The Morgan fingerprint density at radius 1 is 1.14 bits per heavy atom. The molecule has 2 aliphatic heterocycles. The molecule has 2 heterocycles. The molecule has 35 heavy (non-hydrogen) atoms. The van der Waals surface area contributed by atoms with Gasteiger partial charge in [-0.3, -0.25) is 9.59 Å². The number of aliphatic hydroxyl groups is 1. The van der Waals surface area contributed by atoms with Crippen LogP contribution in [0.15, 0.2) is 42.0 Å². The summed E-state index contributed by atoms with van der Waals surface area (Å²) in [6, 6.07) is 9.79. The van der Waals surface area contributed by atoms with Gasteiger partial charge in [-0.15, -0.1) is 0 Å². The highest BCUT2D eigenvalue weighted by Gasteiger charge is 2.47. The van der Waals surface area contributed by atoms with Gasteiger partial charge < -0.3 is 29.1 Å². The number of carbonyl (C=O) groups is 2. The van der Waals surface area contributed by atoms with Crippen molar-refractivity contribution < 1.29 is 28.9 Å². The molecule has 1 amide bonds. The van der Waals surface area contributed by atoms with Gasteiger partial charge in [-0.1, -0.05) is 0 Å². The van der Waals surface area contributed by atoms with Crippen LogP contribution in [0.1, 0.15) is 36.1 Å². The largest absolute Gasteiger partial charge is 0.507 e. The molecular weight excluding hydrogens is 448 g/mol. The highest BCUT2D eigenvalue weighted by Crippen LogP contribution is 2.44. The Morgan fingerprint density at radius 3 is 2.60 bits per heavy atom. The third-order valence-electron chi connectivity index (χ3n) is 6.45. The third-order valence-corrected chi connectivity index (χ3v) is 6.45. The molecule has 2 aromatic carbocycles. The molecule has 0 bridgehead atoms. The van der Waals surface area contributed by atoms with Crippen molar-refractivity contribution in [3.63, 3.8) is 0 Å². The van der Waals surface area contributed by atoms with Crippen molar-refractivity contribution in [1.29, 1.82) is 0 Å². The summed E-state index contributed by atoms with van der Waals surface area (Å²) in [5, 5.41) is 11.4. The summed E-state index contributed by atoms with van der Waals surface area (Å²) in [6.07, 6.45) is 1.43. The second kappa shape index (κ2) is 10.00. The molecule has 0 radical (unpaired) electrons. The normalized spacial score (nSPS) is 20.8. The highest BCUT2D eigenvalue weighted by atomic mass is 16.5. The lowest BCUT2D eigenvalue weighted by Gasteiger charge is -2.27. The van der Waals surface area contributed by atoms with E-state index in [0.29, 0.717) is 42.0 Å². The van der Waals surface area contributed by atoms with Crippen LogP contribution in [0.2, 0.25) is 0 Å². The van der Waals surface area contributed by atoms with Gasteiger partial charge in [-0.25, -0.2) is 0 Å². The van der Waals surface area contributed by atoms with Gasteiger partial charge in [0.25, 0.3) is 11.7 Å². The molecule has 2 aromatic rings. The average Bonchev–Trinajstić information content (AvgIpc) is 3.33. The van der Waals surface area contributed by atoms with Crippen molar-refractivity contribution in [2.24, 2.45) is 0 Å². The van der Waals surface area contributed by atoms with E-state index in [0.717, 1.165) is 17.9 Å². The molecule has 2 atom stereocenters. The smallest absolute Gasteiger partial charge is 0.295 e. The van der Waals surface area contributed by atoms with Gasteiger partial charge in [0, 0.05) is 30.2 Å². The lowest BCUT2D eigenvalue weighted by atomic mass is 9.93. The number of hydrogen-bond acceptors (Lipinski definition) is 7. The zero-order chi connectivity index (χ0) is 25.3. The number of nitrogens with zero attached hydrogens (tertiary/aromatic N) is 2. The molecule has 1 fully saturated rings. The van der Waals surface area contributed by atoms with Crippen LogP contribution < -0.4 is 14.2 Å². The van der Waals surface area contributed by atoms with Crippen molar-refractivity contribution in [3.05, 3.63) is 58.7 Å². The van der Waals surface area contributed by atoms with E-state index in [1.165, 1.54) is 12.0 Å². The summed E-state index contributed by atoms with van der Waals surface area (Å²) >= 11 is 0. The highest BCUT2D eigenvalue weighted by molar-refractivity contribution is 6.46. The summed E-state index contributed by atoms with van der Waals surface area (Å²) in [5.41, 5.74) is 2.10. The zero-order valence-corrected chi connectivity index (χ0v) is 20.8. The number of likely N-dealkylation sites (tertiary alicyclic amines) is 1. The maximum absolute atomic E-state index is 13.3.